The van der Waals surface area contributed by atoms with E-state index in [1.807, 2.05) is 45.0 Å². The van der Waals surface area contributed by atoms with Crippen LogP contribution in [-0.2, 0) is 19.9 Å². The predicted octanol–water partition coefficient (Wildman–Crippen LogP) is 3.84. The number of nitrogens with zero attached hydrogens (tertiary/aromatic N) is 3. The third-order valence-electron chi connectivity index (χ3n) is 7.05. The third-order valence-corrected chi connectivity index (χ3v) is 7.05. The van der Waals surface area contributed by atoms with Crippen molar-refractivity contribution in [1.82, 2.24) is 9.80 Å². The topological polar surface area (TPSA) is 90.4 Å². The lowest BCUT2D eigenvalue weighted by molar-refractivity contribution is -0.143. The number of likely N-dealkylation sites (tertiary alicyclic amines) is 1. The molecule has 200 valence electrons. The molecule has 1 spiro atoms. The Labute approximate surface area is 223 Å². The molecule has 2 aliphatic heterocycles. The molecule has 1 fully saturated rings. The molecule has 8 heteroatoms. The van der Waals surface area contributed by atoms with Crippen molar-refractivity contribution in [2.75, 3.05) is 45.2 Å². The van der Waals surface area contributed by atoms with E-state index >= 15 is 0 Å². The average Bonchev–Trinajstić information content (AvgIpc) is 3.26. The van der Waals surface area contributed by atoms with Gasteiger partial charge in [0.25, 0.3) is 17.6 Å². The molecule has 0 radical (unpaired) electrons. The van der Waals surface area contributed by atoms with Crippen molar-refractivity contribution in [2.45, 2.75) is 32.2 Å². The number of aliphatic hydroxyl groups is 1. The Morgan fingerprint density at radius 2 is 1.87 bits per heavy atom. The summed E-state index contributed by atoms with van der Waals surface area (Å²) in [7, 11) is 3.85. The lowest BCUT2D eigenvalue weighted by atomic mass is 9.81. The molecule has 1 atom stereocenters. The van der Waals surface area contributed by atoms with E-state index < -0.39 is 23.1 Å². The number of anilines is 1. The Morgan fingerprint density at radius 3 is 2.53 bits per heavy atom. The predicted molar refractivity (Wildman–Crippen MR) is 147 cm³/mol. The molecular formula is C30H35N3O5. The number of benzene rings is 2. The van der Waals surface area contributed by atoms with Gasteiger partial charge in [-0.15, -0.1) is 0 Å². The SMILES string of the molecule is C=CCOc1ccc(C(O)=C2C(=O)C(=O)N(CCCN(C)C)[C@]23C(=O)N(CCC)c2ccccc23)cc1C. The van der Waals surface area contributed by atoms with E-state index in [1.54, 1.807) is 41.3 Å². The number of Topliss-reactive ketones (excluding diaryl/α,β-unsaturated/α-hetero) is 1. The van der Waals surface area contributed by atoms with Crippen LogP contribution in [0.2, 0.25) is 0 Å². The van der Waals surface area contributed by atoms with Crippen LogP contribution < -0.4 is 9.64 Å². The smallest absolute Gasteiger partial charge is 0.296 e. The molecule has 38 heavy (non-hydrogen) atoms. The van der Waals surface area contributed by atoms with E-state index in [0.29, 0.717) is 55.1 Å². The Bertz CT molecular complexity index is 1310. The van der Waals surface area contributed by atoms with Gasteiger partial charge in [0, 0.05) is 24.2 Å². The molecule has 2 aromatic rings. The van der Waals surface area contributed by atoms with Gasteiger partial charge in [-0.25, -0.2) is 0 Å². The lowest BCUT2D eigenvalue weighted by Gasteiger charge is -2.34. The summed E-state index contributed by atoms with van der Waals surface area (Å²) in [5.41, 5.74) is 0.319. The van der Waals surface area contributed by atoms with Crippen molar-refractivity contribution < 1.29 is 24.2 Å². The zero-order valence-electron chi connectivity index (χ0n) is 22.5. The van der Waals surface area contributed by atoms with Crippen LogP contribution in [-0.4, -0.2) is 72.8 Å². The van der Waals surface area contributed by atoms with Crippen LogP contribution in [0.5, 0.6) is 5.75 Å². The number of amides is 2. The fourth-order valence-corrected chi connectivity index (χ4v) is 5.41. The second-order valence-corrected chi connectivity index (χ2v) is 9.93. The highest BCUT2D eigenvalue weighted by atomic mass is 16.5. The van der Waals surface area contributed by atoms with Gasteiger partial charge in [-0.1, -0.05) is 37.8 Å². The van der Waals surface area contributed by atoms with E-state index in [0.717, 1.165) is 5.56 Å². The first-order valence-corrected chi connectivity index (χ1v) is 12.9. The van der Waals surface area contributed by atoms with Crippen molar-refractivity contribution >= 4 is 29.0 Å². The van der Waals surface area contributed by atoms with Gasteiger partial charge in [-0.2, -0.15) is 0 Å². The summed E-state index contributed by atoms with van der Waals surface area (Å²) < 4.78 is 5.65. The number of fused-ring (bicyclic) bond motifs is 2. The average molecular weight is 518 g/mol. The van der Waals surface area contributed by atoms with Gasteiger partial charge < -0.3 is 24.5 Å². The van der Waals surface area contributed by atoms with Crippen molar-refractivity contribution in [3.05, 3.63) is 77.4 Å². The fraction of sp³-hybridized carbons (Fsp3) is 0.367. The number of aryl methyl sites for hydroxylation is 1. The van der Waals surface area contributed by atoms with E-state index in [2.05, 4.69) is 6.58 Å². The molecule has 0 aromatic heterocycles. The van der Waals surface area contributed by atoms with Crippen LogP contribution in [0.3, 0.4) is 0 Å². The van der Waals surface area contributed by atoms with E-state index in [1.165, 1.54) is 4.90 Å². The van der Waals surface area contributed by atoms with Crippen LogP contribution >= 0.6 is 0 Å². The first kappa shape index (κ1) is 27.1. The second-order valence-electron chi connectivity index (χ2n) is 9.93. The van der Waals surface area contributed by atoms with Crippen LogP contribution in [0.1, 0.15) is 36.5 Å². The molecule has 0 unspecified atom stereocenters. The van der Waals surface area contributed by atoms with Gasteiger partial charge in [0.05, 0.1) is 11.3 Å². The van der Waals surface area contributed by atoms with Gasteiger partial charge in [0.15, 0.2) is 5.54 Å². The molecular weight excluding hydrogens is 482 g/mol. The van der Waals surface area contributed by atoms with E-state index in [-0.39, 0.29) is 17.9 Å². The number of ketones is 1. The van der Waals surface area contributed by atoms with Gasteiger partial charge in [0.2, 0.25) is 0 Å². The molecule has 2 aromatic carbocycles. The fourth-order valence-electron chi connectivity index (χ4n) is 5.41. The van der Waals surface area contributed by atoms with Crippen LogP contribution in [0, 0.1) is 6.92 Å². The monoisotopic (exact) mass is 517 g/mol. The summed E-state index contributed by atoms with van der Waals surface area (Å²) >= 11 is 0. The number of aliphatic hydroxyl groups excluding tert-OH is 1. The van der Waals surface area contributed by atoms with Crippen LogP contribution in [0.15, 0.2) is 60.7 Å². The second kappa shape index (κ2) is 10.8. The molecule has 1 saturated heterocycles. The van der Waals surface area contributed by atoms with Crippen LogP contribution in [0.25, 0.3) is 5.76 Å². The minimum atomic E-state index is -1.73. The number of hydrogen-bond donors (Lipinski definition) is 1. The number of carbonyl (C=O) groups is 3. The van der Waals surface area contributed by atoms with Gasteiger partial charge in [0.1, 0.15) is 18.1 Å². The Morgan fingerprint density at radius 1 is 1.13 bits per heavy atom. The molecule has 0 aliphatic carbocycles. The van der Waals surface area contributed by atoms with Crippen molar-refractivity contribution in [1.29, 1.82) is 0 Å². The molecule has 2 amide bonds. The molecule has 8 nitrogen and oxygen atoms in total. The highest BCUT2D eigenvalue weighted by molar-refractivity contribution is 6.50. The quantitative estimate of drug-likeness (QED) is 0.223. The minimum absolute atomic E-state index is 0.187. The zero-order valence-corrected chi connectivity index (χ0v) is 22.5. The summed E-state index contributed by atoms with van der Waals surface area (Å²) in [5.74, 6) is -1.81. The molecule has 2 heterocycles. The largest absolute Gasteiger partial charge is 0.507 e. The van der Waals surface area contributed by atoms with Crippen molar-refractivity contribution in [3.8, 4) is 5.75 Å². The maximum absolute atomic E-state index is 14.4. The highest BCUT2D eigenvalue weighted by Gasteiger charge is 2.66. The van der Waals surface area contributed by atoms with Gasteiger partial charge in [-0.05, 0) is 70.2 Å². The first-order valence-electron chi connectivity index (χ1n) is 12.9. The lowest BCUT2D eigenvalue weighted by Crippen LogP contribution is -2.52. The number of ether oxygens (including phenoxy) is 1. The minimum Gasteiger partial charge on any atom is -0.507 e. The number of rotatable bonds is 10. The number of hydrogen-bond acceptors (Lipinski definition) is 6. The molecule has 0 saturated carbocycles. The summed E-state index contributed by atoms with van der Waals surface area (Å²) in [6.07, 6.45) is 2.88. The summed E-state index contributed by atoms with van der Waals surface area (Å²) in [6, 6.07) is 12.2. The molecule has 4 rings (SSSR count). The third kappa shape index (κ3) is 4.28. The van der Waals surface area contributed by atoms with Crippen LogP contribution in [0.4, 0.5) is 5.69 Å². The Balaban J connectivity index is 1.95. The maximum atomic E-state index is 14.4. The van der Waals surface area contributed by atoms with Crippen molar-refractivity contribution in [3.63, 3.8) is 0 Å². The summed E-state index contributed by atoms with van der Waals surface area (Å²) in [5, 5.41) is 11.7. The number of para-hydroxylation sites is 1. The van der Waals surface area contributed by atoms with Crippen molar-refractivity contribution in [2.24, 2.45) is 0 Å². The highest BCUT2D eigenvalue weighted by Crippen LogP contribution is 2.53. The van der Waals surface area contributed by atoms with E-state index in [9.17, 15) is 19.5 Å². The molecule has 0 bridgehead atoms. The van der Waals surface area contributed by atoms with Gasteiger partial charge in [-0.3, -0.25) is 14.4 Å². The molecule has 1 N–H and O–H groups in total. The molecule has 2 aliphatic rings. The normalized spacial score (nSPS) is 20.1. The number of carbonyl (C=O) groups excluding carboxylic acids is 3. The Hall–Kier alpha value is -3.91. The van der Waals surface area contributed by atoms with E-state index in [4.69, 9.17) is 4.74 Å². The first-order chi connectivity index (χ1) is 18.2. The maximum Gasteiger partial charge on any atom is 0.296 e. The standard InChI is InChI=1S/C30H35N3O5/c1-6-15-32-23-12-9-8-11-22(23)30(29(32)37)25(27(35)28(36)33(30)17-10-16-31(4)5)26(34)21-13-14-24(20(3)19-21)38-18-7-2/h7-9,11-14,19,34H,2,6,10,15-18H2,1,3-5H3/t30-/m0/s1. The zero-order chi connectivity index (χ0) is 27.6. The summed E-state index contributed by atoms with van der Waals surface area (Å²) in [6.45, 7) is 9.05. The summed E-state index contributed by atoms with van der Waals surface area (Å²) in [4.78, 5) is 46.6. The van der Waals surface area contributed by atoms with Gasteiger partial charge >= 0.3 is 0 Å². The Kier molecular flexibility index (Phi) is 7.73.